The summed E-state index contributed by atoms with van der Waals surface area (Å²) in [6.45, 7) is 8.34. The van der Waals surface area contributed by atoms with Gasteiger partial charge in [0.15, 0.2) is 0 Å². The molecule has 1 aromatic rings. The van der Waals surface area contributed by atoms with E-state index in [1.807, 2.05) is 0 Å². The van der Waals surface area contributed by atoms with E-state index in [0.717, 1.165) is 25.9 Å². The maximum atomic E-state index is 5.61. The van der Waals surface area contributed by atoms with Crippen molar-refractivity contribution in [1.29, 1.82) is 0 Å². The first kappa shape index (κ1) is 13.0. The minimum Gasteiger partial charge on any atom is -0.385 e. The zero-order chi connectivity index (χ0) is 12.0. The number of nitrogens with two attached hydrogens (primary N) is 1. The molecule has 1 aromatic carbocycles. The summed E-state index contributed by atoms with van der Waals surface area (Å²) in [5.41, 5.74) is 9.66. The van der Waals surface area contributed by atoms with E-state index in [0.29, 0.717) is 5.92 Å². The van der Waals surface area contributed by atoms with Gasteiger partial charge >= 0.3 is 0 Å². The molecule has 0 aliphatic heterocycles. The molecule has 0 aliphatic carbocycles. The Morgan fingerprint density at radius 1 is 1.38 bits per heavy atom. The molecule has 0 radical (unpaired) electrons. The molecular formula is C14H24N2. The number of benzene rings is 1. The standard InChI is InChI=1S/C14H24N2/c1-4-13-7-5-6-12(3)14(13)16-9-8-11(2)10-15/h5-7,11,16H,4,8-10,15H2,1-3H3. The number of para-hydroxylation sites is 1. The highest BCUT2D eigenvalue weighted by Crippen LogP contribution is 2.21. The van der Waals surface area contributed by atoms with E-state index >= 15 is 0 Å². The maximum absolute atomic E-state index is 5.61. The molecule has 0 aromatic heterocycles. The summed E-state index contributed by atoms with van der Waals surface area (Å²) in [5.74, 6) is 0.599. The van der Waals surface area contributed by atoms with Gasteiger partial charge in [0.2, 0.25) is 0 Å². The third kappa shape index (κ3) is 3.53. The molecule has 0 fully saturated rings. The second-order valence-electron chi connectivity index (χ2n) is 4.52. The molecule has 1 atom stereocenters. The Kier molecular flexibility index (Phi) is 5.33. The Bertz CT molecular complexity index is 321. The van der Waals surface area contributed by atoms with Crippen molar-refractivity contribution < 1.29 is 0 Å². The molecule has 2 heteroatoms. The highest BCUT2D eigenvalue weighted by molar-refractivity contribution is 5.57. The van der Waals surface area contributed by atoms with Gasteiger partial charge in [-0.2, -0.15) is 0 Å². The number of hydrogen-bond acceptors (Lipinski definition) is 2. The van der Waals surface area contributed by atoms with Gasteiger partial charge in [0.1, 0.15) is 0 Å². The van der Waals surface area contributed by atoms with Gasteiger partial charge in [0, 0.05) is 12.2 Å². The second-order valence-corrected chi connectivity index (χ2v) is 4.52. The van der Waals surface area contributed by atoms with Crippen LogP contribution in [0.1, 0.15) is 31.4 Å². The number of hydrogen-bond donors (Lipinski definition) is 2. The van der Waals surface area contributed by atoms with Crippen LogP contribution in [-0.2, 0) is 6.42 Å². The van der Waals surface area contributed by atoms with Gasteiger partial charge in [-0.3, -0.25) is 0 Å². The van der Waals surface area contributed by atoms with Crippen molar-refractivity contribution in [1.82, 2.24) is 0 Å². The van der Waals surface area contributed by atoms with E-state index < -0.39 is 0 Å². The summed E-state index contributed by atoms with van der Waals surface area (Å²) in [4.78, 5) is 0. The molecule has 0 aliphatic rings. The number of aryl methyl sites for hydroxylation is 2. The first-order valence-corrected chi connectivity index (χ1v) is 6.21. The van der Waals surface area contributed by atoms with E-state index in [9.17, 15) is 0 Å². The van der Waals surface area contributed by atoms with Crippen LogP contribution in [0.3, 0.4) is 0 Å². The van der Waals surface area contributed by atoms with E-state index in [-0.39, 0.29) is 0 Å². The summed E-state index contributed by atoms with van der Waals surface area (Å²) in [7, 11) is 0. The molecule has 0 bridgehead atoms. The molecule has 0 saturated heterocycles. The Hall–Kier alpha value is -1.02. The van der Waals surface area contributed by atoms with Crippen molar-refractivity contribution in [3.05, 3.63) is 29.3 Å². The molecule has 16 heavy (non-hydrogen) atoms. The average molecular weight is 220 g/mol. The Morgan fingerprint density at radius 3 is 2.75 bits per heavy atom. The van der Waals surface area contributed by atoms with E-state index in [4.69, 9.17) is 5.73 Å². The number of rotatable bonds is 6. The lowest BCUT2D eigenvalue weighted by Crippen LogP contribution is -2.15. The van der Waals surface area contributed by atoms with Crippen LogP contribution in [0.25, 0.3) is 0 Å². The zero-order valence-electron chi connectivity index (χ0n) is 10.7. The van der Waals surface area contributed by atoms with Gasteiger partial charge in [0.25, 0.3) is 0 Å². The summed E-state index contributed by atoms with van der Waals surface area (Å²) < 4.78 is 0. The van der Waals surface area contributed by atoms with Crippen LogP contribution in [0.5, 0.6) is 0 Å². The van der Waals surface area contributed by atoms with Gasteiger partial charge in [0.05, 0.1) is 0 Å². The summed E-state index contributed by atoms with van der Waals surface area (Å²) in [6, 6.07) is 6.48. The predicted molar refractivity (Wildman–Crippen MR) is 71.9 cm³/mol. The highest BCUT2D eigenvalue weighted by atomic mass is 14.9. The molecule has 0 heterocycles. The van der Waals surface area contributed by atoms with Crippen LogP contribution in [0.4, 0.5) is 5.69 Å². The molecular weight excluding hydrogens is 196 g/mol. The van der Waals surface area contributed by atoms with Gasteiger partial charge < -0.3 is 11.1 Å². The molecule has 3 N–H and O–H groups in total. The maximum Gasteiger partial charge on any atom is 0.0402 e. The van der Waals surface area contributed by atoms with Crippen molar-refractivity contribution in [2.24, 2.45) is 11.7 Å². The van der Waals surface area contributed by atoms with Crippen molar-refractivity contribution >= 4 is 5.69 Å². The lowest BCUT2D eigenvalue weighted by molar-refractivity contribution is 0.561. The summed E-state index contributed by atoms with van der Waals surface area (Å²) in [6.07, 6.45) is 2.21. The lowest BCUT2D eigenvalue weighted by Gasteiger charge is -2.15. The fourth-order valence-corrected chi connectivity index (χ4v) is 1.84. The highest BCUT2D eigenvalue weighted by Gasteiger charge is 2.04. The first-order chi connectivity index (χ1) is 7.69. The summed E-state index contributed by atoms with van der Waals surface area (Å²) >= 11 is 0. The Balaban J connectivity index is 2.59. The molecule has 0 saturated carbocycles. The fourth-order valence-electron chi connectivity index (χ4n) is 1.84. The van der Waals surface area contributed by atoms with Gasteiger partial charge in [-0.1, -0.05) is 32.0 Å². The molecule has 1 rings (SSSR count). The molecule has 0 spiro atoms. The smallest absolute Gasteiger partial charge is 0.0402 e. The third-order valence-electron chi connectivity index (χ3n) is 3.08. The van der Waals surface area contributed by atoms with Crippen LogP contribution in [0, 0.1) is 12.8 Å². The van der Waals surface area contributed by atoms with Crippen molar-refractivity contribution in [3.8, 4) is 0 Å². The van der Waals surface area contributed by atoms with Crippen molar-refractivity contribution in [2.75, 3.05) is 18.4 Å². The minimum atomic E-state index is 0.599. The van der Waals surface area contributed by atoms with Gasteiger partial charge in [-0.05, 0) is 43.4 Å². The van der Waals surface area contributed by atoms with E-state index in [2.05, 4.69) is 44.3 Å². The first-order valence-electron chi connectivity index (χ1n) is 6.21. The monoisotopic (exact) mass is 220 g/mol. The zero-order valence-corrected chi connectivity index (χ0v) is 10.7. The lowest BCUT2D eigenvalue weighted by atomic mass is 10.0. The molecule has 90 valence electrons. The van der Waals surface area contributed by atoms with Crippen LogP contribution < -0.4 is 11.1 Å². The largest absolute Gasteiger partial charge is 0.385 e. The normalized spacial score (nSPS) is 12.5. The number of anilines is 1. The van der Waals surface area contributed by atoms with Crippen LogP contribution in [0.15, 0.2) is 18.2 Å². The molecule has 2 nitrogen and oxygen atoms in total. The molecule has 0 amide bonds. The number of nitrogens with one attached hydrogen (secondary N) is 1. The second kappa shape index (κ2) is 6.54. The van der Waals surface area contributed by atoms with E-state index in [1.54, 1.807) is 0 Å². The van der Waals surface area contributed by atoms with E-state index in [1.165, 1.54) is 16.8 Å². The Labute approximate surface area is 99.2 Å². The van der Waals surface area contributed by atoms with Crippen LogP contribution in [-0.4, -0.2) is 13.1 Å². The third-order valence-corrected chi connectivity index (χ3v) is 3.08. The topological polar surface area (TPSA) is 38.0 Å². The predicted octanol–water partition coefficient (Wildman–Crippen LogP) is 2.95. The van der Waals surface area contributed by atoms with Gasteiger partial charge in [-0.25, -0.2) is 0 Å². The fraction of sp³-hybridized carbons (Fsp3) is 0.571. The van der Waals surface area contributed by atoms with Crippen LogP contribution >= 0.6 is 0 Å². The minimum absolute atomic E-state index is 0.599. The quantitative estimate of drug-likeness (QED) is 0.773. The summed E-state index contributed by atoms with van der Waals surface area (Å²) in [5, 5.41) is 3.54. The van der Waals surface area contributed by atoms with Crippen molar-refractivity contribution in [3.63, 3.8) is 0 Å². The van der Waals surface area contributed by atoms with Gasteiger partial charge in [-0.15, -0.1) is 0 Å². The Morgan fingerprint density at radius 2 is 2.12 bits per heavy atom. The molecule has 1 unspecified atom stereocenters. The van der Waals surface area contributed by atoms with Crippen LogP contribution in [0.2, 0.25) is 0 Å². The average Bonchev–Trinajstić information content (AvgIpc) is 2.30. The van der Waals surface area contributed by atoms with Crippen molar-refractivity contribution in [2.45, 2.75) is 33.6 Å². The SMILES string of the molecule is CCc1cccc(C)c1NCCC(C)CN.